The smallest absolute Gasteiger partial charge is 0.396 e. The number of benzene rings is 2. The molecule has 0 saturated heterocycles. The van der Waals surface area contributed by atoms with E-state index in [9.17, 15) is 0 Å². The van der Waals surface area contributed by atoms with E-state index in [2.05, 4.69) is 4.98 Å². The average Bonchev–Trinajstić information content (AvgIpc) is 2.67. The molecule has 1 heterocycles. The number of hydrogen-bond donors (Lipinski definition) is 0. The Kier molecular flexibility index (Phi) is 2.51. The second-order valence-corrected chi connectivity index (χ2v) is 3.35. The minimum Gasteiger partial charge on any atom is -1.00 e. The van der Waals surface area contributed by atoms with Crippen LogP contribution in [0.15, 0.2) is 46.9 Å². The van der Waals surface area contributed by atoms with Gasteiger partial charge in [0.2, 0.25) is 5.39 Å². The van der Waals surface area contributed by atoms with Gasteiger partial charge in [-0.05, 0) is 12.1 Å². The van der Waals surface area contributed by atoms with Gasteiger partial charge in [-0.1, -0.05) is 24.3 Å². The fourth-order valence-corrected chi connectivity index (χ4v) is 1.84. The zero-order chi connectivity index (χ0) is 10.3. The molecule has 0 radical (unpaired) electrons. The van der Waals surface area contributed by atoms with Crippen molar-refractivity contribution in [1.29, 1.82) is 5.39 Å². The summed E-state index contributed by atoms with van der Waals surface area (Å²) in [4.78, 5) is 3.26. The Morgan fingerprint density at radius 2 is 1.69 bits per heavy atom. The number of hydrogen-bond acceptors (Lipinski definition) is 2. The molecule has 0 N–H and O–H groups in total. The predicted molar refractivity (Wildman–Crippen MR) is 58.5 cm³/mol. The second-order valence-electron chi connectivity index (χ2n) is 3.35. The molecule has 0 aliphatic carbocycles. The maximum absolute atomic E-state index is 8.90. The van der Waals surface area contributed by atoms with Crippen LogP contribution < -0.4 is 12.4 Å². The number of furan rings is 1. The first-order valence-corrected chi connectivity index (χ1v) is 4.65. The molecule has 0 saturated carbocycles. The first-order valence-electron chi connectivity index (χ1n) is 4.65. The van der Waals surface area contributed by atoms with Gasteiger partial charge in [0.25, 0.3) is 0 Å². The Morgan fingerprint density at radius 1 is 0.938 bits per heavy atom. The van der Waals surface area contributed by atoms with E-state index in [1.807, 2.05) is 30.3 Å². The van der Waals surface area contributed by atoms with Crippen molar-refractivity contribution in [2.45, 2.75) is 0 Å². The van der Waals surface area contributed by atoms with Gasteiger partial charge in [0.05, 0.1) is 0 Å². The molecule has 4 heteroatoms. The molecule has 0 aliphatic heterocycles. The Labute approximate surface area is 97.7 Å². The number of rotatable bonds is 0. The summed E-state index contributed by atoms with van der Waals surface area (Å²) in [5, 5.41) is 10.7. The summed E-state index contributed by atoms with van der Waals surface area (Å²) in [7, 11) is 0. The molecular weight excluding hydrogens is 224 g/mol. The lowest BCUT2D eigenvalue weighted by molar-refractivity contribution is -0.00000359. The van der Waals surface area contributed by atoms with Crippen LogP contribution in [0.1, 0.15) is 0 Å². The molecule has 1 aromatic heterocycles. The fourth-order valence-electron chi connectivity index (χ4n) is 1.84. The Morgan fingerprint density at radius 3 is 2.50 bits per heavy atom. The summed E-state index contributed by atoms with van der Waals surface area (Å²) in [6, 6.07) is 13.1. The van der Waals surface area contributed by atoms with Crippen LogP contribution in [0.2, 0.25) is 0 Å². The van der Waals surface area contributed by atoms with Crippen molar-refractivity contribution in [3.8, 4) is 0 Å². The molecule has 3 nitrogen and oxygen atoms in total. The Balaban J connectivity index is 0.000000963. The van der Waals surface area contributed by atoms with E-state index in [0.717, 1.165) is 21.9 Å². The lowest BCUT2D eigenvalue weighted by Crippen LogP contribution is -3.00. The number of halogens is 1. The molecule has 0 spiro atoms. The lowest BCUT2D eigenvalue weighted by atomic mass is 10.1. The van der Waals surface area contributed by atoms with E-state index in [1.165, 1.54) is 0 Å². The van der Waals surface area contributed by atoms with Crippen LogP contribution in [0, 0.1) is 5.39 Å². The molecule has 0 unspecified atom stereocenters. The van der Waals surface area contributed by atoms with Crippen molar-refractivity contribution in [2.75, 3.05) is 0 Å². The highest BCUT2D eigenvalue weighted by molar-refractivity contribution is 6.11. The van der Waals surface area contributed by atoms with Crippen LogP contribution in [0.25, 0.3) is 26.9 Å². The lowest BCUT2D eigenvalue weighted by Gasteiger charge is -1.83. The van der Waals surface area contributed by atoms with E-state index in [1.54, 1.807) is 12.1 Å². The van der Waals surface area contributed by atoms with Gasteiger partial charge in [-0.15, -0.1) is 0 Å². The maximum atomic E-state index is 8.90. The van der Waals surface area contributed by atoms with Crippen molar-refractivity contribution >= 4 is 27.6 Å². The average molecular weight is 231 g/mol. The summed E-state index contributed by atoms with van der Waals surface area (Å²) >= 11 is 0. The van der Waals surface area contributed by atoms with Crippen LogP contribution in [0.4, 0.5) is 5.69 Å². The van der Waals surface area contributed by atoms with Gasteiger partial charge < -0.3 is 16.8 Å². The highest BCUT2D eigenvalue weighted by atomic mass is 35.5. The Bertz CT molecular complexity index is 697. The molecule has 78 valence electrons. The first-order chi connectivity index (χ1) is 7.40. The Hall–Kier alpha value is -2.05. The quantitative estimate of drug-likeness (QED) is 0.542. The van der Waals surface area contributed by atoms with E-state index in [0.29, 0.717) is 5.69 Å². The zero-order valence-electron chi connectivity index (χ0n) is 8.22. The van der Waals surface area contributed by atoms with Crippen molar-refractivity contribution in [2.24, 2.45) is 0 Å². The highest BCUT2D eigenvalue weighted by Crippen LogP contribution is 2.35. The van der Waals surface area contributed by atoms with Crippen LogP contribution in [0.5, 0.6) is 0 Å². The SMILES string of the molecule is N#[N+]c1cccc2oc3ccccc3c12.[Cl-]. The topological polar surface area (TPSA) is 41.3 Å². The maximum Gasteiger partial charge on any atom is 0.396 e. The van der Waals surface area contributed by atoms with E-state index in [-0.39, 0.29) is 12.4 Å². The van der Waals surface area contributed by atoms with Crippen LogP contribution in [-0.4, -0.2) is 0 Å². The minimum absolute atomic E-state index is 0. The summed E-state index contributed by atoms with van der Waals surface area (Å²) in [6.07, 6.45) is 0. The second kappa shape index (κ2) is 3.84. The molecule has 2 aromatic carbocycles. The first kappa shape index (κ1) is 10.5. The van der Waals surface area contributed by atoms with Crippen molar-refractivity contribution < 1.29 is 16.8 Å². The van der Waals surface area contributed by atoms with Gasteiger partial charge in [0, 0.05) is 11.5 Å². The van der Waals surface area contributed by atoms with Gasteiger partial charge in [0.15, 0.2) is 4.98 Å². The summed E-state index contributed by atoms with van der Waals surface area (Å²) in [5.41, 5.74) is 2.09. The van der Waals surface area contributed by atoms with E-state index in [4.69, 9.17) is 9.81 Å². The third-order valence-electron chi connectivity index (χ3n) is 2.49. The third-order valence-corrected chi connectivity index (χ3v) is 2.49. The van der Waals surface area contributed by atoms with Crippen molar-refractivity contribution in [3.05, 3.63) is 47.4 Å². The summed E-state index contributed by atoms with van der Waals surface area (Å²) in [6.45, 7) is 0. The third kappa shape index (κ3) is 1.32. The van der Waals surface area contributed by atoms with Gasteiger partial charge in [-0.25, -0.2) is 0 Å². The minimum atomic E-state index is 0. The molecule has 0 bridgehead atoms. The van der Waals surface area contributed by atoms with Crippen LogP contribution in [0.3, 0.4) is 0 Å². The predicted octanol–water partition coefficient (Wildman–Crippen LogP) is 1.07. The molecule has 0 atom stereocenters. The highest BCUT2D eigenvalue weighted by Gasteiger charge is 2.17. The molecule has 16 heavy (non-hydrogen) atoms. The number of nitrogens with zero attached hydrogens (tertiary/aromatic N) is 2. The molecule has 3 aromatic rings. The number of diazo groups is 1. The van der Waals surface area contributed by atoms with Gasteiger partial charge in [-0.3, -0.25) is 0 Å². The van der Waals surface area contributed by atoms with Crippen LogP contribution in [-0.2, 0) is 0 Å². The molecular formula is C12H7ClN2O. The normalized spacial score (nSPS) is 9.94. The standard InChI is InChI=1S/C12H7N2O.ClH/c13-14-9-5-3-7-11-12(9)8-4-1-2-6-10(8)15-11;/h1-7H;1H/q+1;/p-1. The molecule has 3 rings (SSSR count). The molecule has 0 fully saturated rings. The fraction of sp³-hybridized carbons (Fsp3) is 0. The van der Waals surface area contributed by atoms with Crippen LogP contribution >= 0.6 is 0 Å². The summed E-state index contributed by atoms with van der Waals surface area (Å²) in [5.74, 6) is 0. The van der Waals surface area contributed by atoms with Crippen molar-refractivity contribution in [3.63, 3.8) is 0 Å². The van der Waals surface area contributed by atoms with Crippen molar-refractivity contribution in [1.82, 2.24) is 0 Å². The van der Waals surface area contributed by atoms with Gasteiger partial charge in [0.1, 0.15) is 16.6 Å². The monoisotopic (exact) mass is 230 g/mol. The molecule has 0 amide bonds. The largest absolute Gasteiger partial charge is 1.00 e. The number of para-hydroxylation sites is 1. The zero-order valence-corrected chi connectivity index (χ0v) is 8.98. The van der Waals surface area contributed by atoms with Gasteiger partial charge in [-0.2, -0.15) is 0 Å². The summed E-state index contributed by atoms with van der Waals surface area (Å²) < 4.78 is 5.62. The van der Waals surface area contributed by atoms with Gasteiger partial charge >= 0.3 is 5.69 Å². The molecule has 0 aliphatic rings. The number of fused-ring (bicyclic) bond motifs is 3. The van der Waals surface area contributed by atoms with E-state index < -0.39 is 0 Å². The van der Waals surface area contributed by atoms with E-state index >= 15 is 0 Å².